The Kier molecular flexibility index (Phi) is 6.39. The van der Waals surface area contributed by atoms with Gasteiger partial charge in [-0.05, 0) is 33.6 Å². The molecule has 4 rings (SSSR count). The second kappa shape index (κ2) is 9.56. The van der Waals surface area contributed by atoms with Crippen LogP contribution in [0, 0.1) is 0 Å². The molecule has 9 heteroatoms. The van der Waals surface area contributed by atoms with E-state index in [9.17, 15) is 9.59 Å². The second-order valence-corrected chi connectivity index (χ2v) is 7.86. The number of benzene rings is 2. The summed E-state index contributed by atoms with van der Waals surface area (Å²) < 4.78 is 1.35. The van der Waals surface area contributed by atoms with Crippen LogP contribution < -0.4 is 25.9 Å². The van der Waals surface area contributed by atoms with Crippen molar-refractivity contribution in [2.75, 3.05) is 31.8 Å². The third kappa shape index (κ3) is 4.87. The summed E-state index contributed by atoms with van der Waals surface area (Å²) in [7, 11) is 3.32. The van der Waals surface area contributed by atoms with Crippen LogP contribution in [-0.2, 0) is 24.2 Å². The summed E-state index contributed by atoms with van der Waals surface area (Å²) >= 11 is 0. The molecule has 4 N–H and O–H groups in total. The molecule has 170 valence electrons. The molecule has 0 fully saturated rings. The fourth-order valence-electron chi connectivity index (χ4n) is 3.68. The molecule has 1 aliphatic rings. The minimum absolute atomic E-state index is 0.104. The van der Waals surface area contributed by atoms with Crippen molar-refractivity contribution in [1.82, 2.24) is 15.2 Å². The number of hydrogen-bond acceptors (Lipinski definition) is 6. The Morgan fingerprint density at radius 3 is 2.76 bits per heavy atom. The number of fused-ring (bicyclic) bond motifs is 1. The Labute approximate surface area is 192 Å². The maximum atomic E-state index is 12.2. The predicted octanol–water partition coefficient (Wildman–Crippen LogP) is 1.24. The van der Waals surface area contributed by atoms with E-state index >= 15 is 0 Å². The zero-order valence-corrected chi connectivity index (χ0v) is 18.7. The van der Waals surface area contributed by atoms with E-state index in [0.29, 0.717) is 31.9 Å². The molecule has 0 unspecified atom stereocenters. The molecule has 2 aromatic carbocycles. The van der Waals surface area contributed by atoms with Crippen LogP contribution in [-0.4, -0.2) is 42.4 Å². The Balaban J connectivity index is 1.60. The molecule has 0 spiro atoms. The minimum Gasteiger partial charge on any atom is -0.367 e. The molecular formula is C24H27N6O3+. The summed E-state index contributed by atoms with van der Waals surface area (Å²) in [5.74, 6) is 0.233. The van der Waals surface area contributed by atoms with E-state index in [-0.39, 0.29) is 23.2 Å². The number of likely N-dealkylation sites (N-methyl/N-ethyl adjacent to an activating group) is 1. The molecule has 1 aromatic heterocycles. The molecule has 3 aromatic rings. The zero-order chi connectivity index (χ0) is 23.4. The molecule has 1 aliphatic heterocycles. The first-order chi connectivity index (χ1) is 16.0. The Hall–Kier alpha value is -4.14. The van der Waals surface area contributed by atoms with E-state index in [1.54, 1.807) is 11.9 Å². The van der Waals surface area contributed by atoms with E-state index in [1.807, 2.05) is 48.5 Å². The van der Waals surface area contributed by atoms with Crippen LogP contribution in [0.5, 0.6) is 0 Å². The highest BCUT2D eigenvalue weighted by molar-refractivity contribution is 5.97. The highest BCUT2D eigenvalue weighted by atomic mass is 16.7. The van der Waals surface area contributed by atoms with Crippen LogP contribution in [0.1, 0.15) is 27.0 Å². The first kappa shape index (κ1) is 22.1. The normalized spacial score (nSPS) is 12.8. The Morgan fingerprint density at radius 2 is 2.00 bits per heavy atom. The highest BCUT2D eigenvalue weighted by Crippen LogP contribution is 2.24. The van der Waals surface area contributed by atoms with E-state index in [4.69, 9.17) is 10.6 Å². The first-order valence-electron chi connectivity index (χ1n) is 10.7. The molecule has 0 saturated heterocycles. The van der Waals surface area contributed by atoms with Gasteiger partial charge in [0.2, 0.25) is 11.7 Å². The van der Waals surface area contributed by atoms with Crippen LogP contribution in [0.4, 0.5) is 17.5 Å². The van der Waals surface area contributed by atoms with Crippen molar-refractivity contribution in [2.45, 2.75) is 19.4 Å². The maximum absolute atomic E-state index is 12.2. The molecule has 2 heterocycles. The van der Waals surface area contributed by atoms with Gasteiger partial charge < -0.3 is 20.8 Å². The number of carbonyl (C=O) groups is 2. The summed E-state index contributed by atoms with van der Waals surface area (Å²) in [5, 5.41) is 5.80. The van der Waals surface area contributed by atoms with Crippen molar-refractivity contribution in [2.24, 2.45) is 0 Å². The topological polar surface area (TPSA) is 113 Å². The quantitative estimate of drug-likeness (QED) is 0.470. The second-order valence-electron chi connectivity index (χ2n) is 7.86. The molecule has 2 amide bonds. The van der Waals surface area contributed by atoms with Gasteiger partial charge in [0.05, 0.1) is 12.1 Å². The Morgan fingerprint density at radius 1 is 1.21 bits per heavy atom. The van der Waals surface area contributed by atoms with Crippen molar-refractivity contribution in [3.05, 3.63) is 77.0 Å². The van der Waals surface area contributed by atoms with Gasteiger partial charge in [-0.3, -0.25) is 14.9 Å². The SMILES string of the molecule is CNC(=O)c1cnc(Nc2ccc3c(c2)CN(C)C(=O)C3)[n+](OCCc2ccccc2)c1N. The molecule has 0 saturated carbocycles. The zero-order valence-electron chi connectivity index (χ0n) is 18.7. The number of amides is 2. The van der Waals surface area contributed by atoms with Crippen LogP contribution in [0.25, 0.3) is 0 Å². The number of rotatable bonds is 7. The van der Waals surface area contributed by atoms with Gasteiger partial charge in [0.1, 0.15) is 18.4 Å². The summed E-state index contributed by atoms with van der Waals surface area (Å²) in [6.45, 7) is 0.881. The van der Waals surface area contributed by atoms with Crippen molar-refractivity contribution in [3.63, 3.8) is 0 Å². The largest absolute Gasteiger partial charge is 0.388 e. The fourth-order valence-corrected chi connectivity index (χ4v) is 3.68. The number of anilines is 3. The van der Waals surface area contributed by atoms with Gasteiger partial charge in [-0.1, -0.05) is 36.4 Å². The van der Waals surface area contributed by atoms with Gasteiger partial charge in [-0.15, -0.1) is 4.98 Å². The fraction of sp³-hybridized carbons (Fsp3) is 0.250. The molecular weight excluding hydrogens is 420 g/mol. The highest BCUT2D eigenvalue weighted by Gasteiger charge is 2.24. The van der Waals surface area contributed by atoms with Gasteiger partial charge in [-0.2, -0.15) is 0 Å². The van der Waals surface area contributed by atoms with Crippen LogP contribution in [0.3, 0.4) is 0 Å². The van der Waals surface area contributed by atoms with Crippen LogP contribution in [0.2, 0.25) is 0 Å². The lowest BCUT2D eigenvalue weighted by molar-refractivity contribution is -0.870. The minimum atomic E-state index is -0.353. The lowest BCUT2D eigenvalue weighted by Crippen LogP contribution is -2.50. The lowest BCUT2D eigenvalue weighted by Gasteiger charge is -2.25. The van der Waals surface area contributed by atoms with E-state index in [1.165, 1.54) is 18.0 Å². The number of nitrogens with zero attached hydrogens (tertiary/aromatic N) is 3. The third-order valence-electron chi connectivity index (χ3n) is 5.57. The van der Waals surface area contributed by atoms with Gasteiger partial charge in [0.15, 0.2) is 0 Å². The standard InChI is InChI=1S/C24H26N6O3/c1-26-23(32)20-14-27-24(30(22(20)25)33-11-10-16-6-4-3-5-7-16)28-19-9-8-17-13-21(31)29(2)15-18(17)12-19/h3-9,12,14H,10-11,13,15H2,1-2H3,(H3,25,26,27,28,32)/p+1. The molecule has 9 nitrogen and oxygen atoms in total. The molecule has 0 radical (unpaired) electrons. The van der Waals surface area contributed by atoms with Gasteiger partial charge >= 0.3 is 5.95 Å². The summed E-state index contributed by atoms with van der Waals surface area (Å²) in [6.07, 6.45) is 2.47. The maximum Gasteiger partial charge on any atom is 0.388 e. The summed E-state index contributed by atoms with van der Waals surface area (Å²) in [6, 6.07) is 15.7. The first-order valence-corrected chi connectivity index (χ1v) is 10.7. The van der Waals surface area contributed by atoms with E-state index < -0.39 is 0 Å². The molecule has 0 aliphatic carbocycles. The van der Waals surface area contributed by atoms with Gasteiger partial charge in [0, 0.05) is 27.1 Å². The number of nitrogen functional groups attached to an aromatic ring is 1. The smallest absolute Gasteiger partial charge is 0.367 e. The monoisotopic (exact) mass is 447 g/mol. The summed E-state index contributed by atoms with van der Waals surface area (Å²) in [4.78, 5) is 36.2. The number of aromatic nitrogens is 2. The predicted molar refractivity (Wildman–Crippen MR) is 124 cm³/mol. The molecule has 33 heavy (non-hydrogen) atoms. The summed E-state index contributed by atoms with van der Waals surface area (Å²) in [5.41, 5.74) is 10.5. The molecule has 0 bridgehead atoms. The van der Waals surface area contributed by atoms with Gasteiger partial charge in [-0.25, -0.2) is 0 Å². The van der Waals surface area contributed by atoms with Crippen LogP contribution >= 0.6 is 0 Å². The van der Waals surface area contributed by atoms with E-state index in [0.717, 1.165) is 22.4 Å². The van der Waals surface area contributed by atoms with Crippen molar-refractivity contribution in [3.8, 4) is 0 Å². The number of nitrogens with one attached hydrogen (secondary N) is 2. The average molecular weight is 448 g/mol. The number of carbonyl (C=O) groups excluding carboxylic acids is 2. The number of hydrogen-bond donors (Lipinski definition) is 3. The molecule has 0 atom stereocenters. The van der Waals surface area contributed by atoms with Crippen molar-refractivity contribution in [1.29, 1.82) is 0 Å². The lowest BCUT2D eigenvalue weighted by atomic mass is 9.99. The Bertz CT molecular complexity index is 1180. The third-order valence-corrected chi connectivity index (χ3v) is 5.57. The average Bonchev–Trinajstić information content (AvgIpc) is 2.82. The number of nitrogens with two attached hydrogens (primary N) is 1. The van der Waals surface area contributed by atoms with Crippen molar-refractivity contribution < 1.29 is 19.2 Å². The van der Waals surface area contributed by atoms with Gasteiger partial charge in [0.25, 0.3) is 5.91 Å². The van der Waals surface area contributed by atoms with Crippen LogP contribution in [0.15, 0.2) is 54.7 Å². The van der Waals surface area contributed by atoms with E-state index in [2.05, 4.69) is 15.6 Å². The van der Waals surface area contributed by atoms with Crippen molar-refractivity contribution >= 4 is 29.3 Å².